The van der Waals surface area contributed by atoms with Gasteiger partial charge in [0.1, 0.15) is 17.3 Å². The average Bonchev–Trinajstić information content (AvgIpc) is 3.37. The van der Waals surface area contributed by atoms with Gasteiger partial charge in [-0.05, 0) is 55.3 Å². The lowest BCUT2D eigenvalue weighted by atomic mass is 10.1. The van der Waals surface area contributed by atoms with Gasteiger partial charge in [0.05, 0.1) is 38.0 Å². The molecule has 0 spiro atoms. The monoisotopic (exact) mass is 449 g/mol. The van der Waals surface area contributed by atoms with E-state index in [1.807, 2.05) is 42.8 Å². The van der Waals surface area contributed by atoms with Crippen LogP contribution in [0.2, 0.25) is 0 Å². The van der Waals surface area contributed by atoms with E-state index in [9.17, 15) is 9.18 Å². The van der Waals surface area contributed by atoms with Crippen molar-refractivity contribution in [1.29, 1.82) is 0 Å². The maximum atomic E-state index is 13.3. The van der Waals surface area contributed by atoms with Crippen molar-refractivity contribution in [2.45, 2.75) is 19.9 Å². The molecule has 3 aromatic rings. The van der Waals surface area contributed by atoms with Gasteiger partial charge in [0.15, 0.2) is 0 Å². The largest absolute Gasteiger partial charge is 0.495 e. The molecule has 33 heavy (non-hydrogen) atoms. The summed E-state index contributed by atoms with van der Waals surface area (Å²) in [5, 5.41) is 0. The first-order chi connectivity index (χ1) is 15.9. The number of carbonyl (C=O) groups excluding carboxylic acids is 1. The van der Waals surface area contributed by atoms with Crippen LogP contribution in [-0.2, 0) is 9.63 Å². The zero-order valence-electron chi connectivity index (χ0n) is 18.7. The number of hydrogen-bond donors (Lipinski definition) is 1. The summed E-state index contributed by atoms with van der Waals surface area (Å²) in [6, 6.07) is 11.2. The van der Waals surface area contributed by atoms with Crippen LogP contribution in [0, 0.1) is 12.7 Å². The van der Waals surface area contributed by atoms with Crippen molar-refractivity contribution in [3.05, 3.63) is 83.3 Å². The Kier molecular flexibility index (Phi) is 6.23. The number of imidazole rings is 1. The van der Waals surface area contributed by atoms with Gasteiger partial charge in [0.25, 0.3) is 5.91 Å². The summed E-state index contributed by atoms with van der Waals surface area (Å²) < 4.78 is 20.8. The first-order valence-electron chi connectivity index (χ1n) is 10.3. The molecule has 170 valence electrons. The van der Waals surface area contributed by atoms with Gasteiger partial charge in [-0.1, -0.05) is 18.2 Å². The summed E-state index contributed by atoms with van der Waals surface area (Å²) >= 11 is 0. The number of methoxy groups -OCH3 is 1. The highest BCUT2D eigenvalue weighted by Gasteiger charge is 2.35. The number of hydroxylamine groups is 1. The van der Waals surface area contributed by atoms with Gasteiger partial charge in [0, 0.05) is 6.20 Å². The Bertz CT molecular complexity index is 1230. The van der Waals surface area contributed by atoms with Crippen LogP contribution in [0.5, 0.6) is 5.75 Å². The third-order valence-electron chi connectivity index (χ3n) is 5.32. The highest BCUT2D eigenvalue weighted by molar-refractivity contribution is 6.13. The zero-order chi connectivity index (χ0) is 23.5. The number of hydrogen-bond acceptors (Lipinski definition) is 6. The Morgan fingerprint density at radius 1 is 1.15 bits per heavy atom. The Labute approximate surface area is 190 Å². The van der Waals surface area contributed by atoms with Gasteiger partial charge in [0.2, 0.25) is 5.96 Å². The molecule has 0 aliphatic carbocycles. The predicted molar refractivity (Wildman–Crippen MR) is 122 cm³/mol. The molecule has 2 aromatic carbocycles. The standard InChI is InChI=1S/C24H24FN5O3/c1-15-13-29(14-26-15)21-10-5-17(12-22(21)32-3)11-20-23(31)30(24(27-20)28-33-4)16(2)18-6-8-19(25)9-7-18/h5-14,16H,1-4H3,(H,27,28)/t16-/m0/s1. The average molecular weight is 449 g/mol. The molecule has 0 unspecified atom stereocenters. The summed E-state index contributed by atoms with van der Waals surface area (Å²) in [6.45, 7) is 3.75. The van der Waals surface area contributed by atoms with Crippen LogP contribution >= 0.6 is 0 Å². The number of nitrogens with one attached hydrogen (secondary N) is 1. The third kappa shape index (κ3) is 4.49. The number of benzene rings is 2. The smallest absolute Gasteiger partial charge is 0.279 e. The van der Waals surface area contributed by atoms with Gasteiger partial charge < -0.3 is 9.30 Å². The molecule has 0 saturated heterocycles. The van der Waals surface area contributed by atoms with E-state index in [1.165, 1.54) is 24.1 Å². The first kappa shape index (κ1) is 22.2. The topological polar surface area (TPSA) is 81.0 Å². The molecule has 1 aromatic heterocycles. The Hall–Kier alpha value is -3.98. The van der Waals surface area contributed by atoms with E-state index in [0.29, 0.717) is 5.75 Å². The van der Waals surface area contributed by atoms with Gasteiger partial charge in [-0.25, -0.2) is 19.8 Å². The van der Waals surface area contributed by atoms with E-state index < -0.39 is 6.04 Å². The van der Waals surface area contributed by atoms with Crippen LogP contribution in [-0.4, -0.2) is 40.5 Å². The molecule has 0 saturated carbocycles. The minimum atomic E-state index is -0.396. The Morgan fingerprint density at radius 2 is 1.91 bits per heavy atom. The number of aryl methyl sites for hydroxylation is 1. The van der Waals surface area contributed by atoms with Crippen molar-refractivity contribution >= 4 is 17.9 Å². The van der Waals surface area contributed by atoms with Crippen LogP contribution in [0.15, 0.2) is 65.7 Å². The summed E-state index contributed by atoms with van der Waals surface area (Å²) in [7, 11) is 3.03. The summed E-state index contributed by atoms with van der Waals surface area (Å²) in [6.07, 6.45) is 5.30. The van der Waals surface area contributed by atoms with Crippen LogP contribution < -0.4 is 10.2 Å². The number of guanidine groups is 1. The quantitative estimate of drug-likeness (QED) is 0.458. The van der Waals surface area contributed by atoms with Crippen molar-refractivity contribution in [3.63, 3.8) is 0 Å². The summed E-state index contributed by atoms with van der Waals surface area (Å²) in [5.74, 6) is 0.233. The molecule has 0 bridgehead atoms. The maximum Gasteiger partial charge on any atom is 0.279 e. The van der Waals surface area contributed by atoms with Gasteiger partial charge in [-0.15, -0.1) is 0 Å². The van der Waals surface area contributed by atoms with Crippen molar-refractivity contribution in [2.75, 3.05) is 14.2 Å². The highest BCUT2D eigenvalue weighted by Crippen LogP contribution is 2.30. The number of carbonyl (C=O) groups is 1. The second-order valence-electron chi connectivity index (χ2n) is 7.53. The van der Waals surface area contributed by atoms with Gasteiger partial charge in [-0.3, -0.25) is 14.5 Å². The van der Waals surface area contributed by atoms with Crippen LogP contribution in [0.25, 0.3) is 11.8 Å². The fourth-order valence-corrected chi connectivity index (χ4v) is 3.65. The molecule has 1 N–H and O–H groups in total. The summed E-state index contributed by atoms with van der Waals surface area (Å²) in [4.78, 5) is 28.4. The number of nitrogens with zero attached hydrogens (tertiary/aromatic N) is 4. The molecule has 8 nitrogen and oxygen atoms in total. The zero-order valence-corrected chi connectivity index (χ0v) is 18.7. The number of halogens is 1. The van der Waals surface area contributed by atoms with E-state index in [-0.39, 0.29) is 23.4 Å². The van der Waals surface area contributed by atoms with Crippen molar-refractivity contribution in [2.24, 2.45) is 4.99 Å². The molecule has 0 fully saturated rings. The maximum absolute atomic E-state index is 13.3. The second kappa shape index (κ2) is 9.25. The fourth-order valence-electron chi connectivity index (χ4n) is 3.65. The molecule has 0 radical (unpaired) electrons. The molecule has 9 heteroatoms. The third-order valence-corrected chi connectivity index (χ3v) is 5.32. The number of aromatic nitrogens is 2. The number of rotatable bonds is 6. The molecule has 1 aliphatic rings. The Balaban J connectivity index is 1.66. The minimum absolute atomic E-state index is 0.233. The lowest BCUT2D eigenvalue weighted by molar-refractivity contribution is -0.124. The minimum Gasteiger partial charge on any atom is -0.495 e. The fraction of sp³-hybridized carbons (Fsp3) is 0.208. The molecular formula is C24H24FN5O3. The molecule has 4 rings (SSSR count). The Morgan fingerprint density at radius 3 is 2.55 bits per heavy atom. The van der Waals surface area contributed by atoms with Crippen LogP contribution in [0.1, 0.15) is 29.8 Å². The second-order valence-corrected chi connectivity index (χ2v) is 7.53. The number of amides is 1. The molecule has 1 atom stereocenters. The number of ether oxygens (including phenoxy) is 1. The van der Waals surface area contributed by atoms with Crippen LogP contribution in [0.4, 0.5) is 4.39 Å². The van der Waals surface area contributed by atoms with E-state index in [0.717, 1.165) is 22.5 Å². The molecule has 2 heterocycles. The van der Waals surface area contributed by atoms with Gasteiger partial charge in [-0.2, -0.15) is 0 Å². The van der Waals surface area contributed by atoms with E-state index in [2.05, 4.69) is 15.5 Å². The van der Waals surface area contributed by atoms with Crippen molar-refractivity contribution in [3.8, 4) is 11.4 Å². The van der Waals surface area contributed by atoms with Crippen molar-refractivity contribution in [1.82, 2.24) is 19.9 Å². The molecule has 1 amide bonds. The van der Waals surface area contributed by atoms with E-state index >= 15 is 0 Å². The highest BCUT2D eigenvalue weighted by atomic mass is 19.1. The SMILES string of the molecule is CONC1=NC(=Cc2ccc(-n3cnc(C)c3)c(OC)c2)C(=O)N1[C@@H](C)c1ccc(F)cc1. The number of aliphatic imine (C=N–C) groups is 1. The first-order valence-corrected chi connectivity index (χ1v) is 10.3. The lowest BCUT2D eigenvalue weighted by Gasteiger charge is -2.25. The normalized spacial score (nSPS) is 15.7. The summed E-state index contributed by atoms with van der Waals surface area (Å²) in [5.41, 5.74) is 6.12. The molecular weight excluding hydrogens is 425 g/mol. The van der Waals surface area contributed by atoms with E-state index in [1.54, 1.807) is 31.6 Å². The van der Waals surface area contributed by atoms with E-state index in [4.69, 9.17) is 9.57 Å². The van der Waals surface area contributed by atoms with Crippen LogP contribution in [0.3, 0.4) is 0 Å². The van der Waals surface area contributed by atoms with Gasteiger partial charge >= 0.3 is 0 Å². The predicted octanol–water partition coefficient (Wildman–Crippen LogP) is 3.78. The van der Waals surface area contributed by atoms with Crippen molar-refractivity contribution < 1.29 is 18.8 Å². The molecule has 1 aliphatic heterocycles. The lowest BCUT2D eigenvalue weighted by Crippen LogP contribution is -2.42.